The molecule has 0 spiro atoms. The molecule has 0 bridgehead atoms. The fraction of sp³-hybridized carbons (Fsp3) is 0.400. The molecular weight excluding hydrogens is 478 g/mol. The summed E-state index contributed by atoms with van der Waals surface area (Å²) in [5.41, 5.74) is 1.30. The van der Waals surface area contributed by atoms with Crippen molar-refractivity contribution >= 4 is 20.2 Å². The van der Waals surface area contributed by atoms with Gasteiger partial charge in [0.25, 0.3) is 0 Å². The molecule has 0 heterocycles. The Morgan fingerprint density at radius 1 is 0.656 bits per heavy atom. The third kappa shape index (κ3) is 10.4. The summed E-state index contributed by atoms with van der Waals surface area (Å²) in [6.45, 7) is 3.88. The Hall–Kier alpha value is -0.140. The van der Waals surface area contributed by atoms with Crippen LogP contribution in [0.5, 0.6) is 11.5 Å². The smallest absolute Gasteiger partial charge is 0.744 e. The molecule has 12 heteroatoms. The Morgan fingerprint density at radius 3 is 1.31 bits per heavy atom. The van der Waals surface area contributed by atoms with Gasteiger partial charge in [0.1, 0.15) is 31.7 Å². The molecule has 0 aliphatic heterocycles. The molecule has 0 aromatic heterocycles. The number of benzene rings is 2. The summed E-state index contributed by atoms with van der Waals surface area (Å²) in [6, 6.07) is 8.85. The van der Waals surface area contributed by atoms with Crippen LogP contribution in [0.25, 0.3) is 0 Å². The van der Waals surface area contributed by atoms with E-state index in [-0.39, 0.29) is 93.6 Å². The van der Waals surface area contributed by atoms with Crippen LogP contribution in [0.1, 0.15) is 36.8 Å². The molecule has 2 aromatic carbocycles. The predicted octanol–water partition coefficient (Wildman–Crippen LogP) is -2.86. The maximum atomic E-state index is 11.3. The number of aryl methyl sites for hydroxylation is 2. The van der Waals surface area contributed by atoms with E-state index in [9.17, 15) is 25.9 Å². The summed E-state index contributed by atoms with van der Waals surface area (Å²) in [5, 5.41) is 0. The van der Waals surface area contributed by atoms with Crippen LogP contribution in [0.15, 0.2) is 46.2 Å². The summed E-state index contributed by atoms with van der Waals surface area (Å²) in [4.78, 5) is -0.726. The minimum atomic E-state index is -4.61. The molecule has 32 heavy (non-hydrogen) atoms. The molecule has 0 atom stereocenters. The van der Waals surface area contributed by atoms with Crippen LogP contribution in [0.3, 0.4) is 0 Å². The van der Waals surface area contributed by atoms with E-state index in [1.54, 1.807) is 26.0 Å². The van der Waals surface area contributed by atoms with Crippen LogP contribution in [0.4, 0.5) is 0 Å². The van der Waals surface area contributed by atoms with Gasteiger partial charge < -0.3 is 18.6 Å². The first-order valence-corrected chi connectivity index (χ1v) is 12.2. The summed E-state index contributed by atoms with van der Waals surface area (Å²) >= 11 is 0. The van der Waals surface area contributed by atoms with Crippen LogP contribution in [-0.4, -0.2) is 39.2 Å². The molecule has 0 N–H and O–H groups in total. The summed E-state index contributed by atoms with van der Waals surface area (Å²) < 4.78 is 78.9. The Kier molecular flexibility index (Phi) is 14.2. The zero-order valence-corrected chi connectivity index (χ0v) is 24.4. The van der Waals surface area contributed by atoms with Crippen molar-refractivity contribution in [3.8, 4) is 11.5 Å². The average Bonchev–Trinajstić information content (AvgIpc) is 2.64. The van der Waals surface area contributed by atoms with Crippen LogP contribution in [-0.2, 0) is 20.2 Å². The Morgan fingerprint density at radius 2 is 1.00 bits per heavy atom. The summed E-state index contributed by atoms with van der Waals surface area (Å²) in [5.74, 6) is 0.0920. The molecule has 0 aliphatic rings. The molecular formula is C20H24Na2O8S2. The molecule has 0 aliphatic carbocycles. The first kappa shape index (κ1) is 31.9. The second-order valence-electron chi connectivity index (χ2n) is 6.92. The monoisotopic (exact) mass is 502 g/mol. The number of hydrogen-bond donors (Lipinski definition) is 0. The van der Waals surface area contributed by atoms with E-state index < -0.39 is 20.2 Å². The van der Waals surface area contributed by atoms with Crippen molar-refractivity contribution in [2.24, 2.45) is 0 Å². The zero-order valence-electron chi connectivity index (χ0n) is 18.8. The van der Waals surface area contributed by atoms with E-state index in [2.05, 4.69) is 0 Å². The molecule has 0 saturated carbocycles. The standard InChI is InChI=1S/C20H26O8S2.2Na/c1-15-7-9-17(19(13-15)29(21,22)23)27-11-5-3-4-6-12-28-18-10-8-16(2)14-20(18)30(24,25)26;;/h7-10,13-14H,3-6,11-12H2,1-2H3,(H,21,22,23)(H,24,25,26);;/q;2*+1/p-2. The number of ether oxygens (including phenoxy) is 2. The molecule has 0 radical (unpaired) electrons. The van der Waals surface area contributed by atoms with Gasteiger partial charge in [-0.1, -0.05) is 12.1 Å². The van der Waals surface area contributed by atoms with Gasteiger partial charge in [0.15, 0.2) is 0 Å². The Balaban J connectivity index is 0.00000480. The SMILES string of the molecule is Cc1ccc(OCCCCCCOc2ccc(C)cc2S(=O)(=O)[O-])c(S(=O)(=O)[O-])c1.[Na+].[Na+]. The van der Waals surface area contributed by atoms with Crippen LogP contribution < -0.4 is 68.6 Å². The molecule has 0 saturated heterocycles. The molecule has 0 amide bonds. The maximum absolute atomic E-state index is 11.3. The minimum absolute atomic E-state index is 0. The Bertz CT molecular complexity index is 999. The second kappa shape index (κ2) is 14.3. The van der Waals surface area contributed by atoms with Crippen molar-refractivity contribution in [3.05, 3.63) is 47.5 Å². The Labute approximate surface area is 234 Å². The molecule has 2 aromatic rings. The fourth-order valence-electron chi connectivity index (χ4n) is 2.78. The molecule has 2 rings (SSSR count). The quantitative estimate of drug-likeness (QED) is 0.182. The van der Waals surface area contributed by atoms with Gasteiger partial charge in [0.2, 0.25) is 0 Å². The summed E-state index contributed by atoms with van der Waals surface area (Å²) in [6.07, 6.45) is 2.79. The first-order valence-electron chi connectivity index (χ1n) is 9.37. The van der Waals surface area contributed by atoms with Gasteiger partial charge in [0, 0.05) is 0 Å². The van der Waals surface area contributed by atoms with Crippen LogP contribution in [0, 0.1) is 13.8 Å². The fourth-order valence-corrected chi connectivity index (χ4v) is 4.19. The van der Waals surface area contributed by atoms with Gasteiger partial charge in [0.05, 0.1) is 23.0 Å². The molecule has 0 fully saturated rings. The second-order valence-corrected chi connectivity index (χ2v) is 9.62. The minimum Gasteiger partial charge on any atom is -0.744 e. The van der Waals surface area contributed by atoms with E-state index >= 15 is 0 Å². The first-order chi connectivity index (χ1) is 14.0. The van der Waals surface area contributed by atoms with Crippen molar-refractivity contribution in [1.82, 2.24) is 0 Å². The van der Waals surface area contributed by atoms with E-state index in [0.717, 1.165) is 12.8 Å². The van der Waals surface area contributed by atoms with Gasteiger partial charge in [-0.25, -0.2) is 16.8 Å². The number of rotatable bonds is 11. The third-order valence-corrected chi connectivity index (χ3v) is 6.01. The van der Waals surface area contributed by atoms with Crippen LogP contribution >= 0.6 is 0 Å². The van der Waals surface area contributed by atoms with Crippen molar-refractivity contribution in [2.45, 2.75) is 49.3 Å². The zero-order chi connectivity index (χ0) is 22.4. The third-order valence-electron chi connectivity index (χ3n) is 4.29. The van der Waals surface area contributed by atoms with Gasteiger partial charge in [-0.3, -0.25) is 0 Å². The van der Waals surface area contributed by atoms with Crippen LogP contribution in [0.2, 0.25) is 0 Å². The van der Waals surface area contributed by atoms with Crippen molar-refractivity contribution < 1.29 is 94.5 Å². The number of hydrogen-bond acceptors (Lipinski definition) is 8. The van der Waals surface area contributed by atoms with Gasteiger partial charge in [-0.05, 0) is 74.9 Å². The van der Waals surface area contributed by atoms with Crippen molar-refractivity contribution in [3.63, 3.8) is 0 Å². The predicted molar refractivity (Wildman–Crippen MR) is 108 cm³/mol. The van der Waals surface area contributed by atoms with Crippen molar-refractivity contribution in [1.29, 1.82) is 0 Å². The topological polar surface area (TPSA) is 133 Å². The molecule has 166 valence electrons. The van der Waals surface area contributed by atoms with Gasteiger partial charge in [-0.15, -0.1) is 0 Å². The molecule has 8 nitrogen and oxygen atoms in total. The summed E-state index contributed by atoms with van der Waals surface area (Å²) in [7, 11) is -9.22. The maximum Gasteiger partial charge on any atom is 1.00 e. The largest absolute Gasteiger partial charge is 1.00 e. The average molecular weight is 503 g/mol. The van der Waals surface area contributed by atoms with E-state index in [1.807, 2.05) is 0 Å². The van der Waals surface area contributed by atoms with E-state index in [1.165, 1.54) is 24.3 Å². The van der Waals surface area contributed by atoms with E-state index in [0.29, 0.717) is 24.0 Å². The van der Waals surface area contributed by atoms with Gasteiger partial charge in [-0.2, -0.15) is 0 Å². The number of unbranched alkanes of at least 4 members (excludes halogenated alkanes) is 3. The molecule has 0 unspecified atom stereocenters. The van der Waals surface area contributed by atoms with E-state index in [4.69, 9.17) is 9.47 Å². The van der Waals surface area contributed by atoms with Crippen molar-refractivity contribution in [2.75, 3.05) is 13.2 Å². The normalized spacial score (nSPS) is 11.2. The van der Waals surface area contributed by atoms with Gasteiger partial charge >= 0.3 is 59.1 Å².